The van der Waals surface area contributed by atoms with Crippen LogP contribution < -0.4 is 0 Å². The topological polar surface area (TPSA) is 57.5 Å². The average molecular weight is 162 g/mol. The fourth-order valence-corrected chi connectivity index (χ4v) is 2.09. The van der Waals surface area contributed by atoms with Crippen LogP contribution in [0.1, 0.15) is 12.8 Å². The molecule has 2 N–H and O–H groups in total. The maximum Gasteiger partial charge on any atom is 0.335 e. The van der Waals surface area contributed by atoms with Crippen molar-refractivity contribution in [3.05, 3.63) is 0 Å². The van der Waals surface area contributed by atoms with Gasteiger partial charge in [-0.3, -0.25) is 0 Å². The first-order chi connectivity index (χ1) is 4.65. The third-order valence-corrected chi connectivity index (χ3v) is 2.70. The molecule has 0 aliphatic carbocycles. The van der Waals surface area contributed by atoms with Crippen LogP contribution >= 0.6 is 11.8 Å². The highest BCUT2D eigenvalue weighted by Crippen LogP contribution is 2.26. The first-order valence-corrected chi connectivity index (χ1v) is 4.34. The molecule has 0 amide bonds. The van der Waals surface area contributed by atoms with Crippen molar-refractivity contribution in [1.29, 1.82) is 0 Å². The number of carbonyl (C=O) groups is 1. The third-order valence-electron chi connectivity index (χ3n) is 1.72. The monoisotopic (exact) mass is 162 g/mol. The summed E-state index contributed by atoms with van der Waals surface area (Å²) in [6.07, 6.45) is 0.764. The van der Waals surface area contributed by atoms with Crippen molar-refractivity contribution in [2.24, 2.45) is 0 Å². The Morgan fingerprint density at radius 1 is 1.40 bits per heavy atom. The molecule has 1 fully saturated rings. The predicted molar refractivity (Wildman–Crippen MR) is 39.1 cm³/mol. The van der Waals surface area contributed by atoms with Gasteiger partial charge in [-0.15, -0.1) is 0 Å². The SMILES string of the molecule is O=C(O)C1(O)CCSCC1. The van der Waals surface area contributed by atoms with Gasteiger partial charge in [-0.2, -0.15) is 11.8 Å². The van der Waals surface area contributed by atoms with Gasteiger partial charge in [-0.25, -0.2) is 4.79 Å². The van der Waals surface area contributed by atoms with E-state index in [1.54, 1.807) is 11.8 Å². The zero-order chi connectivity index (χ0) is 7.61. The molecule has 1 saturated heterocycles. The summed E-state index contributed by atoms with van der Waals surface area (Å²) < 4.78 is 0. The molecule has 0 aromatic heterocycles. The van der Waals surface area contributed by atoms with Crippen LogP contribution in [-0.2, 0) is 4.79 Å². The first kappa shape index (κ1) is 7.88. The van der Waals surface area contributed by atoms with Crippen molar-refractivity contribution < 1.29 is 15.0 Å². The van der Waals surface area contributed by atoms with Crippen LogP contribution in [0.15, 0.2) is 0 Å². The molecule has 1 aliphatic rings. The summed E-state index contributed by atoms with van der Waals surface area (Å²) in [6.45, 7) is 0. The highest BCUT2D eigenvalue weighted by molar-refractivity contribution is 7.99. The van der Waals surface area contributed by atoms with Crippen molar-refractivity contribution in [2.45, 2.75) is 18.4 Å². The number of carboxylic acid groups (broad SMARTS) is 1. The van der Waals surface area contributed by atoms with E-state index in [1.807, 2.05) is 0 Å². The first-order valence-electron chi connectivity index (χ1n) is 3.19. The number of hydrogen-bond donors (Lipinski definition) is 2. The maximum atomic E-state index is 10.4. The van der Waals surface area contributed by atoms with Gasteiger partial charge in [0.25, 0.3) is 0 Å². The zero-order valence-electron chi connectivity index (χ0n) is 5.54. The molecule has 0 atom stereocenters. The van der Waals surface area contributed by atoms with Crippen LogP contribution in [-0.4, -0.2) is 33.3 Å². The number of hydrogen-bond acceptors (Lipinski definition) is 3. The second-order valence-electron chi connectivity index (χ2n) is 2.45. The molecule has 1 aliphatic heterocycles. The Bertz CT molecular complexity index is 140. The molecule has 4 heteroatoms. The van der Waals surface area contributed by atoms with Crippen LogP contribution in [0.2, 0.25) is 0 Å². The van der Waals surface area contributed by atoms with Gasteiger partial charge in [0.05, 0.1) is 0 Å². The minimum atomic E-state index is -1.43. The number of rotatable bonds is 1. The lowest BCUT2D eigenvalue weighted by Crippen LogP contribution is -2.41. The van der Waals surface area contributed by atoms with Crippen LogP contribution in [0, 0.1) is 0 Å². The molecule has 0 aromatic carbocycles. The highest BCUT2D eigenvalue weighted by Gasteiger charge is 2.37. The minimum absolute atomic E-state index is 0.382. The van der Waals surface area contributed by atoms with Crippen LogP contribution in [0.5, 0.6) is 0 Å². The van der Waals surface area contributed by atoms with Crippen molar-refractivity contribution in [3.63, 3.8) is 0 Å². The average Bonchev–Trinajstić information content (AvgIpc) is 1.89. The van der Waals surface area contributed by atoms with E-state index in [0.29, 0.717) is 12.8 Å². The third kappa shape index (κ3) is 1.44. The Hall–Kier alpha value is -0.220. The molecule has 1 heterocycles. The van der Waals surface area contributed by atoms with E-state index >= 15 is 0 Å². The number of carboxylic acids is 1. The summed E-state index contributed by atoms with van der Waals surface area (Å²) in [5.74, 6) is 0.429. The van der Waals surface area contributed by atoms with Gasteiger partial charge in [0.2, 0.25) is 0 Å². The molecule has 0 bridgehead atoms. The van der Waals surface area contributed by atoms with Crippen molar-refractivity contribution in [1.82, 2.24) is 0 Å². The second-order valence-corrected chi connectivity index (χ2v) is 3.67. The molecular formula is C6H10O3S. The number of aliphatic carboxylic acids is 1. The van der Waals surface area contributed by atoms with Crippen LogP contribution in [0.4, 0.5) is 0 Å². The van der Waals surface area contributed by atoms with E-state index in [0.717, 1.165) is 11.5 Å². The van der Waals surface area contributed by atoms with Gasteiger partial charge in [-0.1, -0.05) is 0 Å². The lowest BCUT2D eigenvalue weighted by Gasteiger charge is -2.26. The van der Waals surface area contributed by atoms with Gasteiger partial charge in [0.1, 0.15) is 0 Å². The van der Waals surface area contributed by atoms with Crippen LogP contribution in [0.3, 0.4) is 0 Å². The molecule has 0 radical (unpaired) electrons. The van der Waals surface area contributed by atoms with E-state index in [4.69, 9.17) is 5.11 Å². The molecule has 0 spiro atoms. The Morgan fingerprint density at radius 2 is 1.90 bits per heavy atom. The Morgan fingerprint density at radius 3 is 2.20 bits per heavy atom. The Labute approximate surface area is 63.4 Å². The summed E-state index contributed by atoms with van der Waals surface area (Å²) >= 11 is 1.69. The molecule has 10 heavy (non-hydrogen) atoms. The standard InChI is InChI=1S/C6H10O3S/c7-5(8)6(9)1-3-10-4-2-6/h9H,1-4H2,(H,7,8). The van der Waals surface area contributed by atoms with Crippen LogP contribution in [0.25, 0.3) is 0 Å². The fourth-order valence-electron chi connectivity index (χ4n) is 0.923. The van der Waals surface area contributed by atoms with E-state index in [9.17, 15) is 9.90 Å². The molecule has 0 unspecified atom stereocenters. The maximum absolute atomic E-state index is 10.4. The lowest BCUT2D eigenvalue weighted by molar-refractivity contribution is -0.159. The van der Waals surface area contributed by atoms with Gasteiger partial charge >= 0.3 is 5.97 Å². The summed E-state index contributed by atoms with van der Waals surface area (Å²) in [7, 11) is 0. The quantitative estimate of drug-likeness (QED) is 0.583. The number of thioether (sulfide) groups is 1. The predicted octanol–water partition coefficient (Wildman–Crippen LogP) is 0.329. The van der Waals surface area contributed by atoms with E-state index in [-0.39, 0.29) is 0 Å². The van der Waals surface area contributed by atoms with Gasteiger partial charge in [0.15, 0.2) is 5.60 Å². The van der Waals surface area contributed by atoms with E-state index in [2.05, 4.69) is 0 Å². The zero-order valence-corrected chi connectivity index (χ0v) is 6.36. The molecular weight excluding hydrogens is 152 g/mol. The second kappa shape index (κ2) is 2.80. The summed E-state index contributed by atoms with van der Waals surface area (Å²) in [5.41, 5.74) is -1.43. The molecule has 3 nitrogen and oxygen atoms in total. The van der Waals surface area contributed by atoms with E-state index in [1.165, 1.54) is 0 Å². The van der Waals surface area contributed by atoms with Gasteiger partial charge < -0.3 is 10.2 Å². The smallest absolute Gasteiger partial charge is 0.335 e. The normalized spacial score (nSPS) is 24.1. The molecule has 1 rings (SSSR count). The van der Waals surface area contributed by atoms with Gasteiger partial charge in [0, 0.05) is 0 Å². The highest BCUT2D eigenvalue weighted by atomic mass is 32.2. The minimum Gasteiger partial charge on any atom is -0.479 e. The summed E-state index contributed by atoms with van der Waals surface area (Å²) in [4.78, 5) is 10.4. The Balaban J connectivity index is 2.56. The molecule has 0 aromatic rings. The van der Waals surface area contributed by atoms with Crippen molar-refractivity contribution >= 4 is 17.7 Å². The number of aliphatic hydroxyl groups is 1. The molecule has 58 valence electrons. The van der Waals surface area contributed by atoms with Crippen molar-refractivity contribution in [2.75, 3.05) is 11.5 Å². The lowest BCUT2D eigenvalue weighted by atomic mass is 9.97. The van der Waals surface area contributed by atoms with Crippen molar-refractivity contribution in [3.8, 4) is 0 Å². The molecule has 0 saturated carbocycles. The summed E-state index contributed by atoms with van der Waals surface area (Å²) in [6, 6.07) is 0. The van der Waals surface area contributed by atoms with Gasteiger partial charge in [-0.05, 0) is 24.3 Å². The summed E-state index contributed by atoms with van der Waals surface area (Å²) in [5, 5.41) is 17.9. The fraction of sp³-hybridized carbons (Fsp3) is 0.833. The largest absolute Gasteiger partial charge is 0.479 e. The Kier molecular flexibility index (Phi) is 2.21. The van der Waals surface area contributed by atoms with E-state index < -0.39 is 11.6 Å².